The number of nitrogens with zero attached hydrogens (tertiary/aromatic N) is 4. The van der Waals surface area contributed by atoms with Crippen molar-refractivity contribution in [3.05, 3.63) is 29.8 Å². The number of rotatable bonds is 4. The summed E-state index contributed by atoms with van der Waals surface area (Å²) in [6.07, 6.45) is 5.61. The zero-order valence-electron chi connectivity index (χ0n) is 11.3. The molecule has 0 aliphatic heterocycles. The van der Waals surface area contributed by atoms with Crippen molar-refractivity contribution in [3.63, 3.8) is 0 Å². The molecule has 2 N–H and O–H groups in total. The lowest BCUT2D eigenvalue weighted by Gasteiger charge is -2.08. The predicted molar refractivity (Wildman–Crippen MR) is 78.9 cm³/mol. The first-order valence-electron chi connectivity index (χ1n) is 6.15. The van der Waals surface area contributed by atoms with Gasteiger partial charge in [-0.1, -0.05) is 0 Å². The van der Waals surface area contributed by atoms with Gasteiger partial charge in [-0.25, -0.2) is 0 Å². The quantitative estimate of drug-likeness (QED) is 0.829. The summed E-state index contributed by atoms with van der Waals surface area (Å²) in [4.78, 5) is 0. The van der Waals surface area contributed by atoms with Crippen molar-refractivity contribution in [2.45, 2.75) is 26.9 Å². The molecule has 19 heavy (non-hydrogen) atoms. The molecule has 2 heterocycles. The highest BCUT2D eigenvalue weighted by Gasteiger charge is 2.05. The second-order valence-electron chi connectivity index (χ2n) is 4.28. The van der Waals surface area contributed by atoms with Crippen molar-refractivity contribution >= 4 is 23.0 Å². The molecule has 0 atom stereocenters. The minimum atomic E-state index is 0.584. The molecule has 0 aliphatic rings. The van der Waals surface area contributed by atoms with Crippen LogP contribution in [0.25, 0.3) is 0 Å². The monoisotopic (exact) mass is 278 g/mol. The number of nitrogens with one attached hydrogen (secondary N) is 2. The van der Waals surface area contributed by atoms with Gasteiger partial charge in [-0.05, 0) is 26.1 Å². The molecule has 0 aliphatic carbocycles. The number of thiocarbonyl (C=S) groups is 1. The molecule has 2 aromatic rings. The predicted octanol–water partition coefficient (Wildman–Crippen LogP) is 1.43. The molecule has 0 saturated heterocycles. The third-order valence-corrected chi connectivity index (χ3v) is 3.19. The second kappa shape index (κ2) is 5.83. The maximum atomic E-state index is 5.25. The number of anilines is 1. The highest BCUT2D eigenvalue weighted by molar-refractivity contribution is 7.80. The number of hydrogen-bond acceptors (Lipinski definition) is 3. The highest BCUT2D eigenvalue weighted by atomic mass is 32.1. The molecule has 6 nitrogen and oxygen atoms in total. The molecule has 0 amide bonds. The Bertz CT molecular complexity index is 571. The Hall–Kier alpha value is -1.89. The van der Waals surface area contributed by atoms with Crippen molar-refractivity contribution in [3.8, 4) is 0 Å². The van der Waals surface area contributed by atoms with Crippen LogP contribution >= 0.6 is 12.2 Å². The molecule has 2 aromatic heterocycles. The Morgan fingerprint density at radius 2 is 2.16 bits per heavy atom. The molecule has 102 valence electrons. The zero-order chi connectivity index (χ0) is 13.8. The summed E-state index contributed by atoms with van der Waals surface area (Å²) >= 11 is 5.25. The lowest BCUT2D eigenvalue weighted by Crippen LogP contribution is -2.27. The first-order valence-corrected chi connectivity index (χ1v) is 6.55. The van der Waals surface area contributed by atoms with E-state index in [9.17, 15) is 0 Å². The van der Waals surface area contributed by atoms with Crippen molar-refractivity contribution in [1.82, 2.24) is 24.9 Å². The molecular weight excluding hydrogens is 260 g/mol. The van der Waals surface area contributed by atoms with Crippen molar-refractivity contribution < 1.29 is 0 Å². The Morgan fingerprint density at radius 3 is 2.74 bits per heavy atom. The van der Waals surface area contributed by atoms with Gasteiger partial charge in [0.2, 0.25) is 0 Å². The molecule has 0 radical (unpaired) electrons. The molecule has 2 rings (SSSR count). The van der Waals surface area contributed by atoms with Crippen molar-refractivity contribution in [2.24, 2.45) is 7.05 Å². The Morgan fingerprint density at radius 1 is 1.37 bits per heavy atom. The normalized spacial score (nSPS) is 10.5. The van der Waals surface area contributed by atoms with Crippen LogP contribution in [0.15, 0.2) is 18.6 Å². The number of aromatic nitrogens is 4. The summed E-state index contributed by atoms with van der Waals surface area (Å²) in [5, 5.41) is 15.2. The van der Waals surface area contributed by atoms with Gasteiger partial charge in [0, 0.05) is 31.9 Å². The molecule has 0 bridgehead atoms. The molecule has 0 spiro atoms. The number of aryl methyl sites for hydroxylation is 2. The third kappa shape index (κ3) is 3.31. The van der Waals surface area contributed by atoms with Crippen molar-refractivity contribution in [1.29, 1.82) is 0 Å². The van der Waals surface area contributed by atoms with Gasteiger partial charge in [-0.3, -0.25) is 9.36 Å². The molecule has 0 saturated carbocycles. The topological polar surface area (TPSA) is 59.7 Å². The minimum Gasteiger partial charge on any atom is -0.358 e. The standard InChI is InChI=1S/C12H18N6S/c1-4-18-8-10(6-15-18)5-13-12(19)16-11-7-14-17(3)9(11)2/h6-8H,4-5H2,1-3H3,(H2,13,16,19). The van der Waals surface area contributed by atoms with E-state index in [0.717, 1.165) is 23.5 Å². The first kappa shape index (κ1) is 13.5. The van der Waals surface area contributed by atoms with Crippen LogP contribution in [0.4, 0.5) is 5.69 Å². The Balaban J connectivity index is 1.86. The smallest absolute Gasteiger partial charge is 0.171 e. The van der Waals surface area contributed by atoms with E-state index in [1.54, 1.807) is 10.9 Å². The van der Waals surface area contributed by atoms with E-state index < -0.39 is 0 Å². The maximum absolute atomic E-state index is 5.25. The molecule has 0 aromatic carbocycles. The van der Waals surface area contributed by atoms with E-state index >= 15 is 0 Å². The third-order valence-electron chi connectivity index (χ3n) is 2.95. The summed E-state index contributed by atoms with van der Waals surface area (Å²) in [5.41, 5.74) is 3.07. The molecule has 0 fully saturated rings. The molecular formula is C12H18N6S. The van der Waals surface area contributed by atoms with E-state index in [-0.39, 0.29) is 0 Å². The average molecular weight is 278 g/mol. The minimum absolute atomic E-state index is 0.584. The van der Waals surface area contributed by atoms with Gasteiger partial charge in [0.25, 0.3) is 0 Å². The van der Waals surface area contributed by atoms with Crippen LogP contribution in [0.5, 0.6) is 0 Å². The van der Waals surface area contributed by atoms with Crippen LogP contribution in [-0.2, 0) is 20.1 Å². The lowest BCUT2D eigenvalue weighted by atomic mass is 10.3. The summed E-state index contributed by atoms with van der Waals surface area (Å²) in [5.74, 6) is 0. The van der Waals surface area contributed by atoms with Gasteiger partial charge in [0.05, 0.1) is 23.8 Å². The van der Waals surface area contributed by atoms with Crippen LogP contribution in [0.1, 0.15) is 18.2 Å². The van der Waals surface area contributed by atoms with Gasteiger partial charge in [-0.2, -0.15) is 10.2 Å². The van der Waals surface area contributed by atoms with Crippen LogP contribution < -0.4 is 10.6 Å². The second-order valence-corrected chi connectivity index (χ2v) is 4.69. The van der Waals surface area contributed by atoms with E-state index in [1.807, 2.05) is 31.0 Å². The molecule has 7 heteroatoms. The van der Waals surface area contributed by atoms with Gasteiger partial charge in [0.15, 0.2) is 5.11 Å². The summed E-state index contributed by atoms with van der Waals surface area (Å²) in [6.45, 7) is 5.58. The Labute approximate surface area is 117 Å². The van der Waals surface area contributed by atoms with Gasteiger partial charge in [-0.15, -0.1) is 0 Å². The van der Waals surface area contributed by atoms with Crippen LogP contribution in [0, 0.1) is 6.92 Å². The fraction of sp³-hybridized carbons (Fsp3) is 0.417. The van der Waals surface area contributed by atoms with Gasteiger partial charge < -0.3 is 10.6 Å². The summed E-state index contributed by atoms with van der Waals surface area (Å²) in [6, 6.07) is 0. The fourth-order valence-corrected chi connectivity index (χ4v) is 1.82. The van der Waals surface area contributed by atoms with E-state index in [2.05, 4.69) is 27.8 Å². The van der Waals surface area contributed by atoms with Crippen LogP contribution in [0.3, 0.4) is 0 Å². The zero-order valence-corrected chi connectivity index (χ0v) is 12.2. The number of hydrogen-bond donors (Lipinski definition) is 2. The lowest BCUT2D eigenvalue weighted by molar-refractivity contribution is 0.659. The molecule has 0 unspecified atom stereocenters. The summed E-state index contributed by atoms with van der Waals surface area (Å²) in [7, 11) is 1.90. The SMILES string of the molecule is CCn1cc(CNC(=S)Nc2cnn(C)c2C)cn1. The fourth-order valence-electron chi connectivity index (χ4n) is 1.64. The average Bonchev–Trinajstić information content (AvgIpc) is 2.98. The summed E-state index contributed by atoms with van der Waals surface area (Å²) < 4.78 is 3.69. The van der Waals surface area contributed by atoms with E-state index in [1.165, 1.54) is 0 Å². The highest BCUT2D eigenvalue weighted by Crippen LogP contribution is 2.11. The van der Waals surface area contributed by atoms with Gasteiger partial charge in [0.1, 0.15) is 0 Å². The van der Waals surface area contributed by atoms with Crippen LogP contribution in [-0.4, -0.2) is 24.7 Å². The largest absolute Gasteiger partial charge is 0.358 e. The van der Waals surface area contributed by atoms with Gasteiger partial charge >= 0.3 is 0 Å². The van der Waals surface area contributed by atoms with E-state index in [0.29, 0.717) is 11.7 Å². The van der Waals surface area contributed by atoms with Crippen LogP contribution in [0.2, 0.25) is 0 Å². The van der Waals surface area contributed by atoms with Crippen molar-refractivity contribution in [2.75, 3.05) is 5.32 Å². The first-order chi connectivity index (χ1) is 9.10. The Kier molecular flexibility index (Phi) is 4.16. The van der Waals surface area contributed by atoms with E-state index in [4.69, 9.17) is 12.2 Å². The maximum Gasteiger partial charge on any atom is 0.171 e.